The fourth-order valence-corrected chi connectivity index (χ4v) is 2.05. The van der Waals surface area contributed by atoms with E-state index in [9.17, 15) is 0 Å². The number of methoxy groups -OCH3 is 2. The number of hydrogen-bond donors (Lipinski definition) is 2. The first-order chi connectivity index (χ1) is 10.3. The van der Waals surface area contributed by atoms with Crippen LogP contribution in [0.2, 0.25) is 0 Å². The van der Waals surface area contributed by atoms with Crippen LogP contribution in [-0.2, 0) is 19.7 Å². The molecule has 1 aromatic carbocycles. The van der Waals surface area contributed by atoms with Crippen molar-refractivity contribution < 1.29 is 14.6 Å². The molecule has 21 heavy (non-hydrogen) atoms. The minimum absolute atomic E-state index is 0.0437. The van der Waals surface area contributed by atoms with Crippen molar-refractivity contribution in [2.75, 3.05) is 14.2 Å². The van der Waals surface area contributed by atoms with E-state index in [4.69, 9.17) is 14.6 Å². The predicted octanol–water partition coefficient (Wildman–Crippen LogP) is 1.28. The minimum Gasteiger partial charge on any atom is -0.481 e. The third-order valence-corrected chi connectivity index (χ3v) is 3.06. The topological polar surface area (TPSA) is 76.5 Å². The van der Waals surface area contributed by atoms with Gasteiger partial charge in [-0.15, -0.1) is 0 Å². The first kappa shape index (κ1) is 15.2. The third-order valence-electron chi connectivity index (χ3n) is 3.06. The molecule has 1 heterocycles. The largest absolute Gasteiger partial charge is 0.481 e. The van der Waals surface area contributed by atoms with Crippen molar-refractivity contribution in [2.24, 2.45) is 0 Å². The Morgan fingerprint density at radius 2 is 1.71 bits per heavy atom. The number of nitrogens with zero attached hydrogens (tertiary/aromatic N) is 2. The van der Waals surface area contributed by atoms with Gasteiger partial charge in [0.15, 0.2) is 0 Å². The summed E-state index contributed by atoms with van der Waals surface area (Å²) in [6, 6.07) is 7.78. The molecule has 2 N–H and O–H groups in total. The molecule has 0 unspecified atom stereocenters. The molecule has 112 valence electrons. The Hall–Kier alpha value is -2.18. The zero-order chi connectivity index (χ0) is 15.1. The Morgan fingerprint density at radius 3 is 2.33 bits per heavy atom. The Bertz CT molecular complexity index is 568. The van der Waals surface area contributed by atoms with E-state index < -0.39 is 0 Å². The molecule has 0 radical (unpaired) electrons. The molecule has 0 amide bonds. The molecular weight excluding hydrogens is 270 g/mol. The second kappa shape index (κ2) is 7.56. The van der Waals surface area contributed by atoms with Gasteiger partial charge in [0.25, 0.3) is 0 Å². The van der Waals surface area contributed by atoms with Gasteiger partial charge < -0.3 is 19.9 Å². The highest BCUT2D eigenvalue weighted by Crippen LogP contribution is 2.23. The minimum atomic E-state index is 0.0437. The van der Waals surface area contributed by atoms with Crippen molar-refractivity contribution in [1.29, 1.82) is 0 Å². The molecule has 6 heteroatoms. The normalized spacial score (nSPS) is 10.4. The number of benzene rings is 1. The van der Waals surface area contributed by atoms with Gasteiger partial charge in [-0.3, -0.25) is 0 Å². The summed E-state index contributed by atoms with van der Waals surface area (Å²) < 4.78 is 10.4. The highest BCUT2D eigenvalue weighted by atomic mass is 16.5. The van der Waals surface area contributed by atoms with Crippen LogP contribution in [0.4, 0.5) is 0 Å². The summed E-state index contributed by atoms with van der Waals surface area (Å²) in [6.45, 7) is 1.23. The second-order valence-electron chi connectivity index (χ2n) is 4.45. The molecule has 2 rings (SSSR count). The van der Waals surface area contributed by atoms with Crippen LogP contribution in [0.5, 0.6) is 11.8 Å². The van der Waals surface area contributed by atoms with Crippen molar-refractivity contribution >= 4 is 0 Å². The maximum atomic E-state index is 9.13. The summed E-state index contributed by atoms with van der Waals surface area (Å²) in [4.78, 5) is 8.14. The molecule has 0 atom stereocenters. The van der Waals surface area contributed by atoms with Crippen LogP contribution in [0.1, 0.15) is 16.7 Å². The molecule has 2 aromatic rings. The monoisotopic (exact) mass is 289 g/mol. The van der Waals surface area contributed by atoms with Gasteiger partial charge in [0.2, 0.25) is 11.8 Å². The van der Waals surface area contributed by atoms with E-state index in [0.717, 1.165) is 16.7 Å². The summed E-state index contributed by atoms with van der Waals surface area (Å²) in [6.07, 6.45) is 1.41. The summed E-state index contributed by atoms with van der Waals surface area (Å²) in [5.74, 6) is 0.997. The van der Waals surface area contributed by atoms with Gasteiger partial charge in [-0.25, -0.2) is 9.97 Å². The zero-order valence-corrected chi connectivity index (χ0v) is 12.2. The first-order valence-corrected chi connectivity index (χ1v) is 6.59. The van der Waals surface area contributed by atoms with Crippen LogP contribution < -0.4 is 14.8 Å². The van der Waals surface area contributed by atoms with Crippen molar-refractivity contribution in [3.8, 4) is 11.8 Å². The van der Waals surface area contributed by atoms with Crippen LogP contribution in [0, 0.1) is 0 Å². The van der Waals surface area contributed by atoms with Crippen molar-refractivity contribution in [3.05, 3.63) is 47.3 Å². The maximum absolute atomic E-state index is 9.13. The molecule has 0 saturated heterocycles. The quantitative estimate of drug-likeness (QED) is 0.799. The Morgan fingerprint density at radius 1 is 1.05 bits per heavy atom. The molecular formula is C15H19N3O3. The Balaban J connectivity index is 2.03. The van der Waals surface area contributed by atoms with Gasteiger partial charge in [0, 0.05) is 13.1 Å². The molecule has 0 saturated carbocycles. The van der Waals surface area contributed by atoms with Gasteiger partial charge in [0.05, 0.1) is 26.4 Å². The lowest BCUT2D eigenvalue weighted by molar-refractivity contribution is 0.281. The van der Waals surface area contributed by atoms with Gasteiger partial charge in [0.1, 0.15) is 6.33 Å². The van der Waals surface area contributed by atoms with E-state index >= 15 is 0 Å². The fourth-order valence-electron chi connectivity index (χ4n) is 2.05. The molecule has 0 aliphatic carbocycles. The highest BCUT2D eigenvalue weighted by Gasteiger charge is 2.12. The van der Waals surface area contributed by atoms with Crippen molar-refractivity contribution in [2.45, 2.75) is 19.7 Å². The van der Waals surface area contributed by atoms with Crippen LogP contribution in [0.15, 0.2) is 30.6 Å². The number of nitrogens with one attached hydrogen (secondary N) is 1. The van der Waals surface area contributed by atoms with Crippen molar-refractivity contribution in [1.82, 2.24) is 15.3 Å². The van der Waals surface area contributed by atoms with E-state index in [1.54, 1.807) is 14.2 Å². The van der Waals surface area contributed by atoms with Crippen LogP contribution in [0.3, 0.4) is 0 Å². The number of ether oxygens (including phenoxy) is 2. The van der Waals surface area contributed by atoms with Crippen LogP contribution >= 0.6 is 0 Å². The Kier molecular flexibility index (Phi) is 5.48. The fraction of sp³-hybridized carbons (Fsp3) is 0.333. The van der Waals surface area contributed by atoms with E-state index in [1.807, 2.05) is 24.3 Å². The Labute approximate surface area is 123 Å². The molecule has 1 aromatic heterocycles. The maximum Gasteiger partial charge on any atom is 0.224 e. The number of aliphatic hydroxyl groups is 1. The van der Waals surface area contributed by atoms with E-state index in [-0.39, 0.29) is 6.61 Å². The average molecular weight is 289 g/mol. The third kappa shape index (κ3) is 3.90. The summed E-state index contributed by atoms with van der Waals surface area (Å²) >= 11 is 0. The zero-order valence-electron chi connectivity index (χ0n) is 12.2. The van der Waals surface area contributed by atoms with Gasteiger partial charge >= 0.3 is 0 Å². The highest BCUT2D eigenvalue weighted by molar-refractivity contribution is 5.34. The molecule has 6 nitrogen and oxygen atoms in total. The van der Waals surface area contributed by atoms with Crippen LogP contribution in [-0.4, -0.2) is 29.3 Å². The first-order valence-electron chi connectivity index (χ1n) is 6.59. The van der Waals surface area contributed by atoms with Crippen LogP contribution in [0.25, 0.3) is 0 Å². The molecule has 0 bridgehead atoms. The molecule has 0 fully saturated rings. The summed E-state index contributed by atoms with van der Waals surface area (Å²) in [7, 11) is 3.13. The average Bonchev–Trinajstić information content (AvgIpc) is 2.55. The predicted molar refractivity (Wildman–Crippen MR) is 78.0 cm³/mol. The summed E-state index contributed by atoms with van der Waals surface area (Å²) in [5.41, 5.74) is 2.77. The lowest BCUT2D eigenvalue weighted by Gasteiger charge is -2.12. The smallest absolute Gasteiger partial charge is 0.224 e. The summed E-state index contributed by atoms with van der Waals surface area (Å²) in [5, 5.41) is 12.4. The number of aromatic nitrogens is 2. The lowest BCUT2D eigenvalue weighted by Crippen LogP contribution is -2.15. The molecule has 0 spiro atoms. The van der Waals surface area contributed by atoms with E-state index in [1.165, 1.54) is 6.33 Å². The van der Waals surface area contributed by atoms with Gasteiger partial charge in [-0.05, 0) is 11.1 Å². The van der Waals surface area contributed by atoms with Gasteiger partial charge in [-0.2, -0.15) is 0 Å². The van der Waals surface area contributed by atoms with E-state index in [0.29, 0.717) is 24.8 Å². The standard InChI is InChI=1S/C15H19N3O3/c1-20-14-13(15(21-2)18-10-17-14)8-16-7-11-4-3-5-12(6-11)9-19/h3-6,10,16,19H,7-9H2,1-2H3. The van der Waals surface area contributed by atoms with Gasteiger partial charge in [-0.1, -0.05) is 24.3 Å². The SMILES string of the molecule is COc1ncnc(OC)c1CNCc1cccc(CO)c1. The van der Waals surface area contributed by atoms with E-state index in [2.05, 4.69) is 15.3 Å². The molecule has 0 aliphatic rings. The number of aliphatic hydroxyl groups excluding tert-OH is 1. The van der Waals surface area contributed by atoms with Crippen molar-refractivity contribution in [3.63, 3.8) is 0 Å². The molecule has 0 aliphatic heterocycles. The second-order valence-corrected chi connectivity index (χ2v) is 4.45. The number of hydrogen-bond acceptors (Lipinski definition) is 6. The lowest BCUT2D eigenvalue weighted by atomic mass is 10.1. The number of rotatable bonds is 7.